The van der Waals surface area contributed by atoms with Crippen LogP contribution in [0.4, 0.5) is 5.69 Å². The summed E-state index contributed by atoms with van der Waals surface area (Å²) >= 11 is 3.42. The second-order valence-electron chi connectivity index (χ2n) is 4.02. The highest BCUT2D eigenvalue weighted by Crippen LogP contribution is 2.19. The lowest BCUT2D eigenvalue weighted by atomic mass is 10.1. The molecule has 2 N–H and O–H groups in total. The summed E-state index contributed by atoms with van der Waals surface area (Å²) in [4.78, 5) is 0. The fourth-order valence-electron chi connectivity index (χ4n) is 1.82. The zero-order valence-electron chi connectivity index (χ0n) is 9.12. The molecule has 1 saturated heterocycles. The van der Waals surface area contributed by atoms with Gasteiger partial charge in [-0.1, -0.05) is 15.9 Å². The van der Waals surface area contributed by atoms with E-state index in [0.29, 0.717) is 12.7 Å². The Labute approximate surface area is 104 Å². The molecule has 0 aliphatic carbocycles. The van der Waals surface area contributed by atoms with Crippen LogP contribution in [0.25, 0.3) is 0 Å². The minimum atomic E-state index is 0.328. The molecule has 3 nitrogen and oxygen atoms in total. The van der Waals surface area contributed by atoms with E-state index in [1.807, 2.05) is 18.2 Å². The normalized spacial score (nSPS) is 17.6. The molecule has 0 amide bonds. The average Bonchev–Trinajstić information content (AvgIpc) is 2.27. The molecule has 1 aliphatic rings. The molecule has 4 heteroatoms. The molecular weight excluding hydrogens is 270 g/mol. The number of halogens is 1. The zero-order chi connectivity index (χ0) is 11.4. The molecule has 0 spiro atoms. The van der Waals surface area contributed by atoms with Crippen LogP contribution in [0.15, 0.2) is 22.7 Å². The van der Waals surface area contributed by atoms with Crippen LogP contribution in [0.3, 0.4) is 0 Å². The van der Waals surface area contributed by atoms with Crippen molar-refractivity contribution in [2.24, 2.45) is 0 Å². The lowest BCUT2D eigenvalue weighted by Gasteiger charge is -2.22. The lowest BCUT2D eigenvalue weighted by molar-refractivity contribution is -0.0390. The van der Waals surface area contributed by atoms with Gasteiger partial charge in [0.05, 0.1) is 12.7 Å². The number of nitrogen functional groups attached to an aromatic ring is 1. The van der Waals surface area contributed by atoms with Crippen LogP contribution in [0, 0.1) is 0 Å². The quantitative estimate of drug-likeness (QED) is 0.869. The van der Waals surface area contributed by atoms with Crippen molar-refractivity contribution in [2.45, 2.75) is 25.6 Å². The van der Waals surface area contributed by atoms with E-state index in [0.717, 1.165) is 41.8 Å². The summed E-state index contributed by atoms with van der Waals surface area (Å²) in [5, 5.41) is 0. The molecule has 1 aromatic carbocycles. The SMILES string of the molecule is Nc1cc(Br)cc(COC2CCOCC2)c1. The molecule has 0 unspecified atom stereocenters. The van der Waals surface area contributed by atoms with Crippen molar-refractivity contribution >= 4 is 21.6 Å². The van der Waals surface area contributed by atoms with E-state index in [1.165, 1.54) is 0 Å². The van der Waals surface area contributed by atoms with Gasteiger partial charge >= 0.3 is 0 Å². The Balaban J connectivity index is 1.88. The average molecular weight is 286 g/mol. The largest absolute Gasteiger partial charge is 0.399 e. The second kappa shape index (κ2) is 5.66. The number of nitrogens with two attached hydrogens (primary N) is 1. The van der Waals surface area contributed by atoms with Gasteiger partial charge in [-0.2, -0.15) is 0 Å². The Morgan fingerprint density at radius 3 is 2.75 bits per heavy atom. The first kappa shape index (κ1) is 11.9. The Morgan fingerprint density at radius 1 is 1.31 bits per heavy atom. The third-order valence-corrected chi connectivity index (χ3v) is 3.09. The molecule has 1 fully saturated rings. The fourth-order valence-corrected chi connectivity index (χ4v) is 2.37. The number of hydrogen-bond donors (Lipinski definition) is 1. The predicted octanol–water partition coefficient (Wildman–Crippen LogP) is 2.73. The molecule has 1 aromatic rings. The van der Waals surface area contributed by atoms with E-state index in [1.54, 1.807) is 0 Å². The third kappa shape index (κ3) is 3.47. The van der Waals surface area contributed by atoms with Gasteiger partial charge in [-0.25, -0.2) is 0 Å². The van der Waals surface area contributed by atoms with Crippen molar-refractivity contribution in [3.63, 3.8) is 0 Å². The molecule has 0 atom stereocenters. The summed E-state index contributed by atoms with van der Waals surface area (Å²) < 4.78 is 12.1. The van der Waals surface area contributed by atoms with Crippen molar-refractivity contribution in [3.8, 4) is 0 Å². The summed E-state index contributed by atoms with van der Waals surface area (Å²) in [6.45, 7) is 2.24. The maximum absolute atomic E-state index is 5.82. The molecule has 1 heterocycles. The minimum Gasteiger partial charge on any atom is -0.399 e. The number of rotatable bonds is 3. The maximum Gasteiger partial charge on any atom is 0.0721 e. The Morgan fingerprint density at radius 2 is 2.06 bits per heavy atom. The van der Waals surface area contributed by atoms with Crippen LogP contribution in [0.5, 0.6) is 0 Å². The van der Waals surface area contributed by atoms with Gasteiger partial charge in [0.1, 0.15) is 0 Å². The Kier molecular flexibility index (Phi) is 4.21. The highest BCUT2D eigenvalue weighted by Gasteiger charge is 2.14. The van der Waals surface area contributed by atoms with Gasteiger partial charge in [0.2, 0.25) is 0 Å². The molecule has 0 aromatic heterocycles. The smallest absolute Gasteiger partial charge is 0.0721 e. The second-order valence-corrected chi connectivity index (χ2v) is 4.93. The van der Waals surface area contributed by atoms with E-state index in [9.17, 15) is 0 Å². The summed E-state index contributed by atoms with van der Waals surface area (Å²) in [6.07, 6.45) is 2.31. The Hall–Kier alpha value is -0.580. The number of benzene rings is 1. The van der Waals surface area contributed by atoms with Crippen LogP contribution >= 0.6 is 15.9 Å². The van der Waals surface area contributed by atoms with Gasteiger partial charge in [-0.15, -0.1) is 0 Å². The van der Waals surface area contributed by atoms with Gasteiger partial charge < -0.3 is 15.2 Å². The monoisotopic (exact) mass is 285 g/mol. The van der Waals surface area contributed by atoms with Crippen molar-refractivity contribution in [1.29, 1.82) is 0 Å². The fraction of sp³-hybridized carbons (Fsp3) is 0.500. The minimum absolute atomic E-state index is 0.328. The first-order valence-corrected chi connectivity index (χ1v) is 6.27. The van der Waals surface area contributed by atoms with Crippen molar-refractivity contribution < 1.29 is 9.47 Å². The molecule has 0 bridgehead atoms. The highest BCUT2D eigenvalue weighted by atomic mass is 79.9. The molecular formula is C12H16BrNO2. The summed E-state index contributed by atoms with van der Waals surface area (Å²) in [5.41, 5.74) is 7.64. The highest BCUT2D eigenvalue weighted by molar-refractivity contribution is 9.10. The first-order valence-electron chi connectivity index (χ1n) is 5.48. The van der Waals surface area contributed by atoms with Crippen LogP contribution < -0.4 is 5.73 Å². The molecule has 1 aliphatic heterocycles. The third-order valence-electron chi connectivity index (χ3n) is 2.63. The van der Waals surface area contributed by atoms with Crippen molar-refractivity contribution in [3.05, 3.63) is 28.2 Å². The number of hydrogen-bond acceptors (Lipinski definition) is 3. The van der Waals surface area contributed by atoms with Crippen molar-refractivity contribution in [1.82, 2.24) is 0 Å². The van der Waals surface area contributed by atoms with Gasteiger partial charge in [-0.3, -0.25) is 0 Å². The van der Waals surface area contributed by atoms with Gasteiger partial charge in [-0.05, 0) is 36.6 Å². The maximum atomic E-state index is 5.82. The van der Waals surface area contributed by atoms with Crippen LogP contribution in [0.1, 0.15) is 18.4 Å². The van der Waals surface area contributed by atoms with E-state index < -0.39 is 0 Å². The van der Waals surface area contributed by atoms with Crippen LogP contribution in [0.2, 0.25) is 0 Å². The summed E-state index contributed by atoms with van der Waals surface area (Å²) in [5.74, 6) is 0. The Bertz CT molecular complexity index is 331. The molecule has 0 saturated carbocycles. The van der Waals surface area contributed by atoms with Crippen molar-refractivity contribution in [2.75, 3.05) is 18.9 Å². The first-order chi connectivity index (χ1) is 7.74. The number of ether oxygens (including phenoxy) is 2. The lowest BCUT2D eigenvalue weighted by Crippen LogP contribution is -2.23. The van der Waals surface area contributed by atoms with Crippen LogP contribution in [-0.2, 0) is 16.1 Å². The standard InChI is InChI=1S/C12H16BrNO2/c13-10-5-9(6-11(14)7-10)8-16-12-1-3-15-4-2-12/h5-7,12H,1-4,8,14H2. The molecule has 0 radical (unpaired) electrons. The molecule has 16 heavy (non-hydrogen) atoms. The van der Waals surface area contributed by atoms with E-state index >= 15 is 0 Å². The van der Waals surface area contributed by atoms with Gasteiger partial charge in [0, 0.05) is 23.4 Å². The topological polar surface area (TPSA) is 44.5 Å². The summed E-state index contributed by atoms with van der Waals surface area (Å²) in [7, 11) is 0. The molecule has 2 rings (SSSR count). The summed E-state index contributed by atoms with van der Waals surface area (Å²) in [6, 6.07) is 5.87. The van der Waals surface area contributed by atoms with Crippen LogP contribution in [-0.4, -0.2) is 19.3 Å². The number of anilines is 1. The van der Waals surface area contributed by atoms with Gasteiger partial charge in [0.25, 0.3) is 0 Å². The van der Waals surface area contributed by atoms with E-state index in [-0.39, 0.29) is 0 Å². The predicted molar refractivity (Wildman–Crippen MR) is 67.2 cm³/mol. The molecule has 88 valence electrons. The van der Waals surface area contributed by atoms with Gasteiger partial charge in [0.15, 0.2) is 0 Å². The van der Waals surface area contributed by atoms with E-state index in [4.69, 9.17) is 15.2 Å². The zero-order valence-corrected chi connectivity index (χ0v) is 10.7. The van der Waals surface area contributed by atoms with E-state index in [2.05, 4.69) is 15.9 Å².